The third-order valence-corrected chi connectivity index (χ3v) is 2.64. The standard InChI is InChI=1S/C10H19F2NO2/c11-10(12)7-15-5-3-9(13)8-2-1-4-14-6-8/h8-10H,1-7,13H2. The highest BCUT2D eigenvalue weighted by Gasteiger charge is 2.20. The van der Waals surface area contributed by atoms with Crippen LogP contribution >= 0.6 is 0 Å². The first-order chi connectivity index (χ1) is 7.20. The van der Waals surface area contributed by atoms with Crippen LogP contribution in [0, 0.1) is 5.92 Å². The second-order valence-electron chi connectivity index (χ2n) is 3.90. The van der Waals surface area contributed by atoms with E-state index in [4.69, 9.17) is 15.2 Å². The van der Waals surface area contributed by atoms with Crippen molar-refractivity contribution in [2.75, 3.05) is 26.4 Å². The van der Waals surface area contributed by atoms with E-state index in [2.05, 4.69) is 0 Å². The van der Waals surface area contributed by atoms with Crippen LogP contribution in [0.25, 0.3) is 0 Å². The summed E-state index contributed by atoms with van der Waals surface area (Å²) in [5, 5.41) is 0. The average Bonchev–Trinajstić information content (AvgIpc) is 2.25. The van der Waals surface area contributed by atoms with Gasteiger partial charge in [-0.25, -0.2) is 8.78 Å². The van der Waals surface area contributed by atoms with E-state index in [9.17, 15) is 8.78 Å². The van der Waals surface area contributed by atoms with Crippen LogP contribution in [-0.2, 0) is 9.47 Å². The van der Waals surface area contributed by atoms with Gasteiger partial charge in [-0.15, -0.1) is 0 Å². The topological polar surface area (TPSA) is 44.5 Å². The van der Waals surface area contributed by atoms with Crippen LogP contribution in [0.1, 0.15) is 19.3 Å². The first-order valence-corrected chi connectivity index (χ1v) is 5.39. The number of hydrogen-bond donors (Lipinski definition) is 1. The molecule has 2 unspecified atom stereocenters. The second-order valence-corrected chi connectivity index (χ2v) is 3.90. The molecule has 0 aromatic carbocycles. The van der Waals surface area contributed by atoms with Gasteiger partial charge < -0.3 is 15.2 Å². The molecule has 0 saturated carbocycles. The summed E-state index contributed by atoms with van der Waals surface area (Å²) in [5.41, 5.74) is 5.92. The van der Waals surface area contributed by atoms with E-state index >= 15 is 0 Å². The Morgan fingerprint density at radius 2 is 2.27 bits per heavy atom. The first kappa shape index (κ1) is 12.8. The molecule has 0 aromatic rings. The van der Waals surface area contributed by atoms with Crippen LogP contribution in [-0.4, -0.2) is 38.9 Å². The van der Waals surface area contributed by atoms with Crippen LogP contribution in [0.15, 0.2) is 0 Å². The number of alkyl halides is 2. The lowest BCUT2D eigenvalue weighted by atomic mass is 9.92. The molecule has 1 aliphatic heterocycles. The largest absolute Gasteiger partial charge is 0.381 e. The van der Waals surface area contributed by atoms with E-state index in [1.165, 1.54) is 0 Å². The highest BCUT2D eigenvalue weighted by Crippen LogP contribution is 2.17. The van der Waals surface area contributed by atoms with E-state index in [0.717, 1.165) is 19.4 Å². The van der Waals surface area contributed by atoms with Crippen molar-refractivity contribution in [2.45, 2.75) is 31.7 Å². The van der Waals surface area contributed by atoms with Gasteiger partial charge in [0.1, 0.15) is 6.61 Å². The van der Waals surface area contributed by atoms with Crippen LogP contribution in [0.2, 0.25) is 0 Å². The monoisotopic (exact) mass is 223 g/mol. The Morgan fingerprint density at radius 1 is 1.47 bits per heavy atom. The van der Waals surface area contributed by atoms with Crippen molar-refractivity contribution >= 4 is 0 Å². The van der Waals surface area contributed by atoms with Crippen molar-refractivity contribution in [1.82, 2.24) is 0 Å². The maximum atomic E-state index is 11.7. The smallest absolute Gasteiger partial charge is 0.261 e. The lowest BCUT2D eigenvalue weighted by molar-refractivity contribution is 0.00655. The fourth-order valence-corrected chi connectivity index (χ4v) is 1.73. The molecule has 1 aliphatic rings. The van der Waals surface area contributed by atoms with Gasteiger partial charge in [0.25, 0.3) is 6.43 Å². The number of ether oxygens (including phenoxy) is 2. The molecule has 0 amide bonds. The predicted octanol–water partition coefficient (Wildman–Crippen LogP) is 1.41. The first-order valence-electron chi connectivity index (χ1n) is 5.39. The fourth-order valence-electron chi connectivity index (χ4n) is 1.73. The summed E-state index contributed by atoms with van der Waals surface area (Å²) in [4.78, 5) is 0. The minimum absolute atomic E-state index is 0.00275. The normalized spacial score (nSPS) is 24.4. The summed E-state index contributed by atoms with van der Waals surface area (Å²) < 4.78 is 33.6. The summed E-state index contributed by atoms with van der Waals surface area (Å²) in [5.74, 6) is 0.355. The Hall–Kier alpha value is -0.260. The molecule has 1 fully saturated rings. The fraction of sp³-hybridized carbons (Fsp3) is 1.00. The van der Waals surface area contributed by atoms with Crippen LogP contribution in [0.3, 0.4) is 0 Å². The molecule has 3 nitrogen and oxygen atoms in total. The van der Waals surface area contributed by atoms with E-state index in [0.29, 0.717) is 25.6 Å². The summed E-state index contributed by atoms with van der Waals surface area (Å²) in [7, 11) is 0. The molecule has 0 aromatic heterocycles. The molecule has 0 spiro atoms. The Morgan fingerprint density at radius 3 is 2.87 bits per heavy atom. The molecule has 1 heterocycles. The van der Waals surface area contributed by atoms with Crippen LogP contribution in [0.4, 0.5) is 8.78 Å². The van der Waals surface area contributed by atoms with E-state index in [1.54, 1.807) is 0 Å². The molecule has 1 rings (SSSR count). The lowest BCUT2D eigenvalue weighted by Gasteiger charge is -2.27. The van der Waals surface area contributed by atoms with Gasteiger partial charge in [-0.1, -0.05) is 0 Å². The molecule has 15 heavy (non-hydrogen) atoms. The van der Waals surface area contributed by atoms with Gasteiger partial charge in [0.15, 0.2) is 0 Å². The molecular formula is C10H19F2NO2. The van der Waals surface area contributed by atoms with Crippen molar-refractivity contribution in [1.29, 1.82) is 0 Å². The predicted molar refractivity (Wildman–Crippen MR) is 53.0 cm³/mol. The Balaban J connectivity index is 2.04. The zero-order valence-electron chi connectivity index (χ0n) is 8.83. The Kier molecular flexibility index (Phi) is 6.05. The minimum Gasteiger partial charge on any atom is -0.381 e. The molecule has 5 heteroatoms. The molecule has 90 valence electrons. The van der Waals surface area contributed by atoms with Gasteiger partial charge in [0, 0.05) is 19.3 Å². The molecule has 0 aliphatic carbocycles. The van der Waals surface area contributed by atoms with Crippen LogP contribution in [0.5, 0.6) is 0 Å². The quantitative estimate of drug-likeness (QED) is 0.692. The lowest BCUT2D eigenvalue weighted by Crippen LogP contribution is -2.36. The third kappa shape index (κ3) is 5.39. The molecular weight excluding hydrogens is 204 g/mol. The molecule has 2 N–H and O–H groups in total. The van der Waals surface area contributed by atoms with Crippen molar-refractivity contribution in [3.05, 3.63) is 0 Å². The van der Waals surface area contributed by atoms with E-state index < -0.39 is 13.0 Å². The van der Waals surface area contributed by atoms with Crippen molar-refractivity contribution in [3.8, 4) is 0 Å². The molecule has 1 saturated heterocycles. The van der Waals surface area contributed by atoms with Gasteiger partial charge in [-0.2, -0.15) is 0 Å². The van der Waals surface area contributed by atoms with Gasteiger partial charge in [0.05, 0.1) is 6.61 Å². The number of halogens is 2. The number of hydrogen-bond acceptors (Lipinski definition) is 3. The summed E-state index contributed by atoms with van der Waals surface area (Å²) >= 11 is 0. The average molecular weight is 223 g/mol. The molecule has 0 radical (unpaired) electrons. The minimum atomic E-state index is -2.39. The Labute approximate surface area is 88.9 Å². The highest BCUT2D eigenvalue weighted by atomic mass is 19.3. The molecule has 0 bridgehead atoms. The van der Waals surface area contributed by atoms with E-state index in [-0.39, 0.29) is 6.04 Å². The van der Waals surface area contributed by atoms with Crippen molar-refractivity contribution < 1.29 is 18.3 Å². The maximum absolute atomic E-state index is 11.7. The van der Waals surface area contributed by atoms with Gasteiger partial charge in [-0.05, 0) is 25.2 Å². The number of nitrogens with two attached hydrogens (primary N) is 1. The van der Waals surface area contributed by atoms with Crippen LogP contribution < -0.4 is 5.73 Å². The SMILES string of the molecule is NC(CCOCC(F)F)C1CCCOC1. The summed E-state index contributed by atoms with van der Waals surface area (Å²) in [6.07, 6.45) is 0.340. The van der Waals surface area contributed by atoms with Gasteiger partial charge in [-0.3, -0.25) is 0 Å². The van der Waals surface area contributed by atoms with Gasteiger partial charge >= 0.3 is 0 Å². The second kappa shape index (κ2) is 7.09. The maximum Gasteiger partial charge on any atom is 0.261 e. The third-order valence-electron chi connectivity index (χ3n) is 2.64. The molecule has 2 atom stereocenters. The van der Waals surface area contributed by atoms with Crippen molar-refractivity contribution in [3.63, 3.8) is 0 Å². The summed E-state index contributed by atoms with van der Waals surface area (Å²) in [6, 6.07) is 0.00275. The Bertz CT molecular complexity index is 164. The highest BCUT2D eigenvalue weighted by molar-refractivity contribution is 4.75. The summed E-state index contributed by atoms with van der Waals surface area (Å²) in [6.45, 7) is 1.32. The number of rotatable bonds is 6. The zero-order chi connectivity index (χ0) is 11.1. The zero-order valence-corrected chi connectivity index (χ0v) is 8.83. The van der Waals surface area contributed by atoms with E-state index in [1.807, 2.05) is 0 Å². The van der Waals surface area contributed by atoms with Crippen molar-refractivity contribution in [2.24, 2.45) is 11.7 Å². The van der Waals surface area contributed by atoms with Gasteiger partial charge in [0.2, 0.25) is 0 Å².